The van der Waals surface area contributed by atoms with E-state index in [1.807, 2.05) is 44.2 Å². The van der Waals surface area contributed by atoms with Crippen LogP contribution >= 0.6 is 15.9 Å². The fraction of sp³-hybridized carbons (Fsp3) is 0.105. The van der Waals surface area contributed by atoms with Gasteiger partial charge in [-0.2, -0.15) is 0 Å². The molecule has 3 rings (SSSR count). The third-order valence-corrected chi connectivity index (χ3v) is 4.38. The Hall–Kier alpha value is -2.13. The normalized spacial score (nSPS) is 10.9. The molecule has 0 radical (unpaired) electrons. The second-order valence-electron chi connectivity index (χ2n) is 5.53. The molecule has 0 saturated carbocycles. The second-order valence-corrected chi connectivity index (χ2v) is 6.39. The fourth-order valence-electron chi connectivity index (χ4n) is 2.54. The van der Waals surface area contributed by atoms with E-state index in [1.54, 1.807) is 18.2 Å². The number of carbonyl (C=O) groups is 1. The van der Waals surface area contributed by atoms with Crippen LogP contribution in [0.1, 0.15) is 27.0 Å². The number of carbonyl (C=O) groups excluding carboxylic acids is 1. The molecule has 0 aliphatic rings. The van der Waals surface area contributed by atoms with Crippen LogP contribution in [0.2, 0.25) is 0 Å². The van der Waals surface area contributed by atoms with Crippen molar-refractivity contribution >= 4 is 32.5 Å². The average Bonchev–Trinajstić information content (AvgIpc) is 2.45. The van der Waals surface area contributed by atoms with Crippen LogP contribution in [0.3, 0.4) is 0 Å². The molecule has 0 heterocycles. The standard InChI is InChI=1S/C19H15BrO2/c1-11-3-5-13-9-16(18(21)10-14(13)7-11)19(22)15-6-4-12(2)8-17(15)20/h3-10,21H,1-2H3. The summed E-state index contributed by atoms with van der Waals surface area (Å²) in [4.78, 5) is 12.7. The van der Waals surface area contributed by atoms with E-state index in [-0.39, 0.29) is 11.5 Å². The van der Waals surface area contributed by atoms with Crippen LogP contribution < -0.4 is 0 Å². The molecule has 0 aliphatic carbocycles. The number of aromatic hydroxyl groups is 1. The molecule has 22 heavy (non-hydrogen) atoms. The summed E-state index contributed by atoms with van der Waals surface area (Å²) in [6.45, 7) is 3.97. The summed E-state index contributed by atoms with van der Waals surface area (Å²) in [6.07, 6.45) is 0. The quantitative estimate of drug-likeness (QED) is 0.645. The summed E-state index contributed by atoms with van der Waals surface area (Å²) >= 11 is 3.43. The van der Waals surface area contributed by atoms with Crippen molar-refractivity contribution in [2.75, 3.05) is 0 Å². The predicted octanol–water partition coefficient (Wildman–Crippen LogP) is 5.16. The molecular weight excluding hydrogens is 340 g/mol. The van der Waals surface area contributed by atoms with E-state index in [2.05, 4.69) is 15.9 Å². The SMILES string of the molecule is Cc1ccc(C(=O)c2cc3ccc(C)cc3cc2O)c(Br)c1. The van der Waals surface area contributed by atoms with Crippen LogP contribution in [0.25, 0.3) is 10.8 Å². The Morgan fingerprint density at radius 2 is 1.55 bits per heavy atom. The van der Waals surface area contributed by atoms with Crippen molar-refractivity contribution in [1.29, 1.82) is 0 Å². The smallest absolute Gasteiger partial charge is 0.197 e. The van der Waals surface area contributed by atoms with E-state index in [0.717, 1.165) is 26.4 Å². The number of benzene rings is 3. The van der Waals surface area contributed by atoms with Gasteiger partial charge in [0.25, 0.3) is 0 Å². The zero-order valence-corrected chi connectivity index (χ0v) is 13.9. The zero-order chi connectivity index (χ0) is 15.9. The van der Waals surface area contributed by atoms with Gasteiger partial charge in [-0.1, -0.05) is 45.8 Å². The molecule has 0 spiro atoms. The van der Waals surface area contributed by atoms with Gasteiger partial charge in [0.05, 0.1) is 5.56 Å². The molecule has 0 aliphatic heterocycles. The molecule has 1 N–H and O–H groups in total. The van der Waals surface area contributed by atoms with Crippen LogP contribution in [0.4, 0.5) is 0 Å². The first-order chi connectivity index (χ1) is 10.5. The first-order valence-electron chi connectivity index (χ1n) is 7.00. The summed E-state index contributed by atoms with van der Waals surface area (Å²) in [5.41, 5.74) is 3.06. The van der Waals surface area contributed by atoms with E-state index >= 15 is 0 Å². The van der Waals surface area contributed by atoms with Gasteiger partial charge >= 0.3 is 0 Å². The Morgan fingerprint density at radius 1 is 0.864 bits per heavy atom. The highest BCUT2D eigenvalue weighted by atomic mass is 79.9. The first-order valence-corrected chi connectivity index (χ1v) is 7.79. The number of rotatable bonds is 2. The minimum Gasteiger partial charge on any atom is -0.507 e. The van der Waals surface area contributed by atoms with Crippen LogP contribution in [0, 0.1) is 13.8 Å². The van der Waals surface area contributed by atoms with Gasteiger partial charge in [-0.3, -0.25) is 4.79 Å². The van der Waals surface area contributed by atoms with E-state index in [4.69, 9.17) is 0 Å². The highest BCUT2D eigenvalue weighted by Gasteiger charge is 2.17. The number of hydrogen-bond donors (Lipinski definition) is 1. The van der Waals surface area contributed by atoms with Crippen LogP contribution in [-0.4, -0.2) is 10.9 Å². The first kappa shape index (κ1) is 14.8. The summed E-state index contributed by atoms with van der Waals surface area (Å²) in [5, 5.41) is 12.1. The van der Waals surface area contributed by atoms with Gasteiger partial charge in [-0.25, -0.2) is 0 Å². The molecule has 0 amide bonds. The van der Waals surface area contributed by atoms with Crippen molar-refractivity contribution in [3.05, 3.63) is 75.3 Å². The van der Waals surface area contributed by atoms with Gasteiger partial charge in [0.2, 0.25) is 0 Å². The van der Waals surface area contributed by atoms with Crippen LogP contribution in [0.15, 0.2) is 53.0 Å². The van der Waals surface area contributed by atoms with Crippen molar-refractivity contribution in [2.24, 2.45) is 0 Å². The number of hydrogen-bond acceptors (Lipinski definition) is 2. The molecule has 3 aromatic carbocycles. The lowest BCUT2D eigenvalue weighted by Crippen LogP contribution is -2.03. The summed E-state index contributed by atoms with van der Waals surface area (Å²) in [5.74, 6) is -0.178. The summed E-state index contributed by atoms with van der Waals surface area (Å²) < 4.78 is 0.737. The van der Waals surface area contributed by atoms with E-state index in [9.17, 15) is 9.90 Å². The molecule has 2 nitrogen and oxygen atoms in total. The van der Waals surface area contributed by atoms with Gasteiger partial charge in [0.1, 0.15) is 5.75 Å². The molecule has 110 valence electrons. The molecule has 0 fully saturated rings. The van der Waals surface area contributed by atoms with Crippen molar-refractivity contribution < 1.29 is 9.90 Å². The Balaban J connectivity index is 2.14. The van der Waals surface area contributed by atoms with Crippen molar-refractivity contribution in [2.45, 2.75) is 13.8 Å². The maximum absolute atomic E-state index is 12.7. The molecule has 0 saturated heterocycles. The largest absolute Gasteiger partial charge is 0.507 e. The molecule has 0 aromatic heterocycles. The van der Waals surface area contributed by atoms with Crippen LogP contribution in [-0.2, 0) is 0 Å². The molecule has 0 bridgehead atoms. The Bertz CT molecular complexity index is 897. The van der Waals surface area contributed by atoms with E-state index in [0.29, 0.717) is 11.1 Å². The van der Waals surface area contributed by atoms with E-state index in [1.165, 1.54) is 0 Å². The Kier molecular flexibility index (Phi) is 3.75. The third kappa shape index (κ3) is 2.64. The van der Waals surface area contributed by atoms with Gasteiger partial charge < -0.3 is 5.11 Å². The Morgan fingerprint density at radius 3 is 2.27 bits per heavy atom. The predicted molar refractivity (Wildman–Crippen MR) is 92.7 cm³/mol. The molecular formula is C19H15BrO2. The number of halogens is 1. The van der Waals surface area contributed by atoms with Crippen molar-refractivity contribution in [1.82, 2.24) is 0 Å². The second kappa shape index (κ2) is 5.58. The topological polar surface area (TPSA) is 37.3 Å². The van der Waals surface area contributed by atoms with Crippen molar-refractivity contribution in [3.8, 4) is 5.75 Å². The van der Waals surface area contributed by atoms with Gasteiger partial charge in [-0.15, -0.1) is 0 Å². The van der Waals surface area contributed by atoms with Gasteiger partial charge in [-0.05, 0) is 54.4 Å². The molecule has 0 unspecified atom stereocenters. The molecule has 3 heteroatoms. The van der Waals surface area contributed by atoms with Gasteiger partial charge in [0.15, 0.2) is 5.78 Å². The number of phenolic OH excluding ortho intramolecular Hbond substituents is 1. The number of ketones is 1. The average molecular weight is 355 g/mol. The maximum Gasteiger partial charge on any atom is 0.197 e. The highest BCUT2D eigenvalue weighted by molar-refractivity contribution is 9.10. The number of aryl methyl sites for hydroxylation is 2. The number of phenols is 1. The number of fused-ring (bicyclic) bond motifs is 1. The molecule has 0 atom stereocenters. The lowest BCUT2D eigenvalue weighted by molar-refractivity contribution is 0.103. The lowest BCUT2D eigenvalue weighted by Gasteiger charge is -2.09. The third-order valence-electron chi connectivity index (χ3n) is 3.72. The molecule has 3 aromatic rings. The fourth-order valence-corrected chi connectivity index (χ4v) is 3.21. The van der Waals surface area contributed by atoms with Crippen molar-refractivity contribution in [3.63, 3.8) is 0 Å². The summed E-state index contributed by atoms with van der Waals surface area (Å²) in [6, 6.07) is 14.9. The maximum atomic E-state index is 12.7. The zero-order valence-electron chi connectivity index (χ0n) is 12.4. The van der Waals surface area contributed by atoms with Crippen LogP contribution in [0.5, 0.6) is 5.75 Å². The monoisotopic (exact) mass is 354 g/mol. The minimum absolute atomic E-state index is 0.00979. The minimum atomic E-state index is -0.188. The Labute approximate surface area is 137 Å². The van der Waals surface area contributed by atoms with E-state index < -0.39 is 0 Å². The summed E-state index contributed by atoms with van der Waals surface area (Å²) in [7, 11) is 0. The lowest BCUT2D eigenvalue weighted by atomic mass is 9.97. The highest BCUT2D eigenvalue weighted by Crippen LogP contribution is 2.30. The van der Waals surface area contributed by atoms with Gasteiger partial charge in [0, 0.05) is 10.0 Å².